The monoisotopic (exact) mass is 225 g/mol. The second-order valence-electron chi connectivity index (χ2n) is 4.30. The molecule has 4 heteroatoms. The maximum atomic E-state index is 10.2. The quantitative estimate of drug-likeness (QED) is 0.778. The summed E-state index contributed by atoms with van der Waals surface area (Å²) in [6, 6.07) is 0. The van der Waals surface area contributed by atoms with E-state index in [4.69, 9.17) is 0 Å². The summed E-state index contributed by atoms with van der Waals surface area (Å²) in [4.78, 5) is 0. The van der Waals surface area contributed by atoms with Crippen molar-refractivity contribution < 1.29 is 5.11 Å². The number of rotatable bonds is 6. The van der Waals surface area contributed by atoms with Crippen LogP contribution in [0.5, 0.6) is 0 Å². The predicted octanol–water partition coefficient (Wildman–Crippen LogP) is 1.95. The van der Waals surface area contributed by atoms with Gasteiger partial charge in [0.05, 0.1) is 17.0 Å². The van der Waals surface area contributed by atoms with Crippen LogP contribution in [0.2, 0.25) is 0 Å². The van der Waals surface area contributed by atoms with Gasteiger partial charge >= 0.3 is 0 Å². The topological polar surface area (TPSA) is 50.1 Å². The highest BCUT2D eigenvalue weighted by Crippen LogP contribution is 2.18. The highest BCUT2D eigenvalue weighted by molar-refractivity contribution is 5.46. The number of aliphatic hydroxyl groups is 1. The molecular formula is C12H23N3O. The largest absolute Gasteiger partial charge is 0.388 e. The van der Waals surface area contributed by atoms with Crippen LogP contribution in [0.3, 0.4) is 0 Å². The predicted molar refractivity (Wildman–Crippen MR) is 66.6 cm³/mol. The summed E-state index contributed by atoms with van der Waals surface area (Å²) in [6.07, 6.45) is 4.39. The lowest BCUT2D eigenvalue weighted by molar-refractivity contribution is 0.0457. The molecule has 0 saturated carbocycles. The van der Waals surface area contributed by atoms with Gasteiger partial charge in [0.1, 0.15) is 0 Å². The molecule has 0 amide bonds. The molecule has 0 radical (unpaired) electrons. The number of hydrogen-bond acceptors (Lipinski definition) is 3. The molecule has 16 heavy (non-hydrogen) atoms. The van der Waals surface area contributed by atoms with Gasteiger partial charge in [0.15, 0.2) is 0 Å². The second-order valence-corrected chi connectivity index (χ2v) is 4.30. The molecule has 2 N–H and O–H groups in total. The molecule has 0 aliphatic carbocycles. The van der Waals surface area contributed by atoms with Gasteiger partial charge in [-0.3, -0.25) is 4.68 Å². The summed E-state index contributed by atoms with van der Waals surface area (Å²) in [5, 5.41) is 17.8. The molecule has 0 spiro atoms. The first-order valence-corrected chi connectivity index (χ1v) is 6.03. The Labute approximate surface area is 97.7 Å². The number of nitrogens with one attached hydrogen (secondary N) is 1. The van der Waals surface area contributed by atoms with Crippen LogP contribution in [-0.4, -0.2) is 27.0 Å². The molecule has 0 aliphatic rings. The van der Waals surface area contributed by atoms with Gasteiger partial charge in [-0.2, -0.15) is 5.10 Å². The number of aryl methyl sites for hydroxylation is 2. The highest BCUT2D eigenvalue weighted by atomic mass is 16.3. The molecule has 1 rings (SSSR count). The Balaban J connectivity index is 2.66. The normalized spacial score (nSPS) is 11.8. The van der Waals surface area contributed by atoms with Gasteiger partial charge in [-0.15, -0.1) is 0 Å². The van der Waals surface area contributed by atoms with Crippen molar-refractivity contribution in [3.05, 3.63) is 11.9 Å². The Morgan fingerprint density at radius 2 is 2.00 bits per heavy atom. The minimum absolute atomic E-state index is 0.582. The molecular weight excluding hydrogens is 202 g/mol. The Morgan fingerprint density at radius 1 is 1.38 bits per heavy atom. The van der Waals surface area contributed by atoms with Crippen molar-refractivity contribution in [3.8, 4) is 0 Å². The lowest BCUT2D eigenvalue weighted by atomic mass is 9.97. The fourth-order valence-electron chi connectivity index (χ4n) is 1.70. The second kappa shape index (κ2) is 5.34. The molecule has 0 unspecified atom stereocenters. The van der Waals surface area contributed by atoms with Crippen LogP contribution in [0, 0.1) is 0 Å². The van der Waals surface area contributed by atoms with Gasteiger partial charge in [-0.1, -0.05) is 20.8 Å². The van der Waals surface area contributed by atoms with Crippen LogP contribution < -0.4 is 5.32 Å². The fraction of sp³-hybridized carbons (Fsp3) is 0.750. The summed E-state index contributed by atoms with van der Waals surface area (Å²) >= 11 is 0. The van der Waals surface area contributed by atoms with E-state index >= 15 is 0 Å². The summed E-state index contributed by atoms with van der Waals surface area (Å²) in [6.45, 7) is 6.68. The minimum atomic E-state index is -0.610. The van der Waals surface area contributed by atoms with Crippen LogP contribution in [0.4, 0.5) is 5.69 Å². The van der Waals surface area contributed by atoms with E-state index in [9.17, 15) is 5.11 Å². The summed E-state index contributed by atoms with van der Waals surface area (Å²) in [7, 11) is 1.91. The maximum absolute atomic E-state index is 10.2. The van der Waals surface area contributed by atoms with E-state index < -0.39 is 5.60 Å². The third kappa shape index (κ3) is 2.98. The first-order valence-electron chi connectivity index (χ1n) is 6.03. The Kier molecular flexibility index (Phi) is 4.35. The van der Waals surface area contributed by atoms with Gasteiger partial charge in [-0.05, 0) is 19.3 Å². The molecule has 0 fully saturated rings. The van der Waals surface area contributed by atoms with Gasteiger partial charge in [-0.25, -0.2) is 0 Å². The maximum Gasteiger partial charge on any atom is 0.0853 e. The van der Waals surface area contributed by atoms with Gasteiger partial charge in [0.2, 0.25) is 0 Å². The average molecular weight is 225 g/mol. The summed E-state index contributed by atoms with van der Waals surface area (Å²) in [5.74, 6) is 0. The smallest absolute Gasteiger partial charge is 0.0853 e. The number of hydrogen-bond donors (Lipinski definition) is 2. The van der Waals surface area contributed by atoms with Crippen molar-refractivity contribution in [2.45, 2.75) is 45.6 Å². The molecule has 92 valence electrons. The minimum Gasteiger partial charge on any atom is -0.388 e. The average Bonchev–Trinajstić information content (AvgIpc) is 2.66. The number of nitrogens with zero attached hydrogens (tertiary/aromatic N) is 2. The molecule has 1 aromatic heterocycles. The molecule has 1 heterocycles. The fourth-order valence-corrected chi connectivity index (χ4v) is 1.70. The Hall–Kier alpha value is -1.03. The summed E-state index contributed by atoms with van der Waals surface area (Å²) in [5.41, 5.74) is 1.48. The Morgan fingerprint density at radius 3 is 2.50 bits per heavy atom. The molecule has 0 aliphatic heterocycles. The van der Waals surface area contributed by atoms with Crippen molar-refractivity contribution >= 4 is 5.69 Å². The van der Waals surface area contributed by atoms with Gasteiger partial charge in [0.25, 0.3) is 0 Å². The first kappa shape index (κ1) is 13.0. The van der Waals surface area contributed by atoms with E-state index in [0.717, 1.165) is 30.6 Å². The number of aromatic nitrogens is 2. The van der Waals surface area contributed by atoms with E-state index in [1.807, 2.05) is 27.1 Å². The third-order valence-corrected chi connectivity index (χ3v) is 3.16. The Bertz CT molecular complexity index is 329. The van der Waals surface area contributed by atoms with Crippen molar-refractivity contribution in [1.29, 1.82) is 0 Å². The first-order chi connectivity index (χ1) is 7.54. The zero-order valence-corrected chi connectivity index (χ0v) is 10.7. The van der Waals surface area contributed by atoms with E-state index in [1.54, 1.807) is 4.68 Å². The van der Waals surface area contributed by atoms with Crippen LogP contribution in [-0.2, 0) is 13.5 Å². The van der Waals surface area contributed by atoms with Gasteiger partial charge in [0, 0.05) is 19.8 Å². The molecule has 4 nitrogen and oxygen atoms in total. The third-order valence-electron chi connectivity index (χ3n) is 3.16. The zero-order chi connectivity index (χ0) is 12.2. The van der Waals surface area contributed by atoms with Crippen molar-refractivity contribution in [3.63, 3.8) is 0 Å². The van der Waals surface area contributed by atoms with E-state index in [-0.39, 0.29) is 0 Å². The molecule has 0 saturated heterocycles. The standard InChI is InChI=1S/C12H23N3O/c1-5-10-11(8-15(4)14-10)13-9-12(16,6-2)7-3/h8,13,16H,5-7,9H2,1-4H3. The highest BCUT2D eigenvalue weighted by Gasteiger charge is 2.22. The lowest BCUT2D eigenvalue weighted by Gasteiger charge is -2.25. The lowest BCUT2D eigenvalue weighted by Crippen LogP contribution is -2.35. The van der Waals surface area contributed by atoms with Crippen molar-refractivity contribution in [1.82, 2.24) is 9.78 Å². The molecule has 0 atom stereocenters. The molecule has 1 aromatic rings. The van der Waals surface area contributed by atoms with Gasteiger partial charge < -0.3 is 10.4 Å². The van der Waals surface area contributed by atoms with Crippen LogP contribution in [0.15, 0.2) is 6.20 Å². The molecule has 0 bridgehead atoms. The van der Waals surface area contributed by atoms with E-state index in [2.05, 4.69) is 17.3 Å². The van der Waals surface area contributed by atoms with Crippen LogP contribution in [0.25, 0.3) is 0 Å². The summed E-state index contributed by atoms with van der Waals surface area (Å²) < 4.78 is 1.80. The van der Waals surface area contributed by atoms with E-state index in [0.29, 0.717) is 6.54 Å². The number of anilines is 1. The SMILES string of the molecule is CCc1nn(C)cc1NCC(O)(CC)CC. The van der Waals surface area contributed by atoms with Crippen LogP contribution >= 0.6 is 0 Å². The molecule has 0 aromatic carbocycles. The van der Waals surface area contributed by atoms with E-state index in [1.165, 1.54) is 0 Å². The zero-order valence-electron chi connectivity index (χ0n) is 10.7. The van der Waals surface area contributed by atoms with Crippen molar-refractivity contribution in [2.24, 2.45) is 7.05 Å². The van der Waals surface area contributed by atoms with Crippen molar-refractivity contribution in [2.75, 3.05) is 11.9 Å². The van der Waals surface area contributed by atoms with Crippen LogP contribution in [0.1, 0.15) is 39.3 Å².